The molecule has 0 atom stereocenters. The van der Waals surface area contributed by atoms with E-state index < -0.39 is 36.1 Å². The molecule has 23 heavy (non-hydrogen) atoms. The highest BCUT2D eigenvalue weighted by Crippen LogP contribution is 2.30. The van der Waals surface area contributed by atoms with Gasteiger partial charge in [0.1, 0.15) is 18.2 Å². The van der Waals surface area contributed by atoms with Crippen LogP contribution in [0.4, 0.5) is 35.0 Å². The molecule has 2 rings (SSSR count). The lowest BCUT2D eigenvalue weighted by Gasteiger charge is -2.12. The molecular weight excluding hydrogens is 320 g/mol. The van der Waals surface area contributed by atoms with Gasteiger partial charge in [0, 0.05) is 11.8 Å². The van der Waals surface area contributed by atoms with E-state index in [1.807, 2.05) is 0 Å². The van der Waals surface area contributed by atoms with E-state index in [2.05, 4.69) is 20.6 Å². The number of anilines is 3. The molecule has 0 saturated carbocycles. The van der Waals surface area contributed by atoms with Gasteiger partial charge in [-0.15, -0.1) is 0 Å². The molecule has 1 heterocycles. The standard InChI is InChI=1S/C13H10F4N4O2/c14-7-2-1-3-8(4-7)19-10-5-9(13(15,16)17)20-12(21-10)18-6-11(22)23/h1-5H,6H2,(H,22,23)(H2,18,19,20,21). The number of halogens is 4. The van der Waals surface area contributed by atoms with Crippen molar-refractivity contribution in [1.82, 2.24) is 9.97 Å². The molecule has 6 nitrogen and oxygen atoms in total. The fourth-order valence-electron chi connectivity index (χ4n) is 1.60. The van der Waals surface area contributed by atoms with E-state index in [9.17, 15) is 22.4 Å². The van der Waals surface area contributed by atoms with Crippen molar-refractivity contribution < 1.29 is 27.5 Å². The predicted octanol–water partition coefficient (Wildman–Crippen LogP) is 2.87. The molecule has 0 bridgehead atoms. The largest absolute Gasteiger partial charge is 0.480 e. The first-order chi connectivity index (χ1) is 10.7. The van der Waals surface area contributed by atoms with Crippen LogP contribution in [0.15, 0.2) is 30.3 Å². The number of benzene rings is 1. The summed E-state index contributed by atoms with van der Waals surface area (Å²) < 4.78 is 51.6. The third-order valence-electron chi connectivity index (χ3n) is 2.51. The van der Waals surface area contributed by atoms with Crippen LogP contribution in [0, 0.1) is 5.82 Å². The molecule has 1 aromatic heterocycles. The maximum absolute atomic E-state index is 13.1. The molecule has 0 amide bonds. The van der Waals surface area contributed by atoms with Crippen LogP contribution in [0.5, 0.6) is 0 Å². The number of carboxylic acids is 1. The van der Waals surface area contributed by atoms with Crippen LogP contribution in [0.1, 0.15) is 5.69 Å². The molecule has 0 spiro atoms. The van der Waals surface area contributed by atoms with Crippen molar-refractivity contribution in [2.24, 2.45) is 0 Å². The van der Waals surface area contributed by atoms with Gasteiger partial charge in [-0.3, -0.25) is 4.79 Å². The summed E-state index contributed by atoms with van der Waals surface area (Å²) in [6.45, 7) is -0.652. The Labute approximate surface area is 127 Å². The lowest BCUT2D eigenvalue weighted by Crippen LogP contribution is -2.17. The Bertz CT molecular complexity index is 721. The fourth-order valence-corrected chi connectivity index (χ4v) is 1.60. The number of nitrogens with zero attached hydrogens (tertiary/aromatic N) is 2. The maximum Gasteiger partial charge on any atom is 0.433 e. The summed E-state index contributed by atoms with van der Waals surface area (Å²) in [5, 5.41) is 13.2. The van der Waals surface area contributed by atoms with Gasteiger partial charge in [-0.25, -0.2) is 9.37 Å². The number of hydrogen-bond acceptors (Lipinski definition) is 5. The zero-order chi connectivity index (χ0) is 17.0. The zero-order valence-electron chi connectivity index (χ0n) is 11.4. The SMILES string of the molecule is O=C(O)CNc1nc(Nc2cccc(F)c2)cc(C(F)(F)F)n1. The summed E-state index contributed by atoms with van der Waals surface area (Å²) in [7, 11) is 0. The Morgan fingerprint density at radius 2 is 1.96 bits per heavy atom. The molecule has 0 saturated heterocycles. The number of carboxylic acid groups (broad SMARTS) is 1. The number of rotatable bonds is 5. The second-order valence-electron chi connectivity index (χ2n) is 4.34. The van der Waals surface area contributed by atoms with Gasteiger partial charge in [0.15, 0.2) is 5.69 Å². The Balaban J connectivity index is 2.33. The van der Waals surface area contributed by atoms with Crippen LogP contribution >= 0.6 is 0 Å². The van der Waals surface area contributed by atoms with E-state index in [-0.39, 0.29) is 11.5 Å². The topological polar surface area (TPSA) is 87.1 Å². The van der Waals surface area contributed by atoms with Crippen LogP contribution in [0.25, 0.3) is 0 Å². The monoisotopic (exact) mass is 330 g/mol. The normalized spacial score (nSPS) is 11.1. The Kier molecular flexibility index (Phi) is 4.63. The number of aliphatic carboxylic acids is 1. The van der Waals surface area contributed by atoms with Gasteiger partial charge in [0.2, 0.25) is 5.95 Å². The molecule has 1 aromatic carbocycles. The third-order valence-corrected chi connectivity index (χ3v) is 2.51. The first-order valence-corrected chi connectivity index (χ1v) is 6.18. The van der Waals surface area contributed by atoms with Gasteiger partial charge in [-0.05, 0) is 18.2 Å². The van der Waals surface area contributed by atoms with Crippen LogP contribution < -0.4 is 10.6 Å². The van der Waals surface area contributed by atoms with E-state index in [4.69, 9.17) is 5.11 Å². The van der Waals surface area contributed by atoms with Crippen molar-refractivity contribution >= 4 is 23.4 Å². The highest BCUT2D eigenvalue weighted by atomic mass is 19.4. The first kappa shape index (κ1) is 16.5. The van der Waals surface area contributed by atoms with Crippen LogP contribution in [-0.2, 0) is 11.0 Å². The minimum absolute atomic E-state index is 0.181. The minimum Gasteiger partial charge on any atom is -0.480 e. The molecule has 0 radical (unpaired) electrons. The van der Waals surface area contributed by atoms with Crippen molar-refractivity contribution in [3.8, 4) is 0 Å². The molecule has 0 aliphatic carbocycles. The molecule has 3 N–H and O–H groups in total. The van der Waals surface area contributed by atoms with Crippen molar-refractivity contribution in [2.75, 3.05) is 17.2 Å². The Morgan fingerprint density at radius 1 is 1.22 bits per heavy atom. The second-order valence-corrected chi connectivity index (χ2v) is 4.34. The molecule has 10 heteroatoms. The van der Waals surface area contributed by atoms with Gasteiger partial charge in [0.25, 0.3) is 0 Å². The number of nitrogens with one attached hydrogen (secondary N) is 2. The summed E-state index contributed by atoms with van der Waals surface area (Å²) in [4.78, 5) is 17.4. The second kappa shape index (κ2) is 6.46. The number of carbonyl (C=O) groups is 1. The number of hydrogen-bond donors (Lipinski definition) is 3. The summed E-state index contributed by atoms with van der Waals surface area (Å²) in [6.07, 6.45) is -4.75. The summed E-state index contributed by atoms with van der Waals surface area (Å²) in [5.74, 6) is -2.64. The van der Waals surface area contributed by atoms with Crippen LogP contribution in [0.3, 0.4) is 0 Å². The molecule has 0 aliphatic rings. The fraction of sp³-hybridized carbons (Fsp3) is 0.154. The predicted molar refractivity (Wildman–Crippen MR) is 72.8 cm³/mol. The van der Waals surface area contributed by atoms with E-state index in [1.165, 1.54) is 18.2 Å². The molecular formula is C13H10F4N4O2. The van der Waals surface area contributed by atoms with E-state index in [0.717, 1.165) is 6.07 Å². The quantitative estimate of drug-likeness (QED) is 0.731. The third kappa shape index (κ3) is 4.80. The van der Waals surface area contributed by atoms with Gasteiger partial charge in [0.05, 0.1) is 0 Å². The first-order valence-electron chi connectivity index (χ1n) is 6.18. The average molecular weight is 330 g/mol. The van der Waals surface area contributed by atoms with Crippen molar-refractivity contribution in [1.29, 1.82) is 0 Å². The lowest BCUT2D eigenvalue weighted by molar-refractivity contribution is -0.141. The highest BCUT2D eigenvalue weighted by Gasteiger charge is 2.33. The number of aromatic nitrogens is 2. The van der Waals surface area contributed by atoms with Crippen LogP contribution in [-0.4, -0.2) is 27.6 Å². The minimum atomic E-state index is -4.75. The summed E-state index contributed by atoms with van der Waals surface area (Å²) in [6, 6.07) is 5.68. The molecule has 2 aromatic rings. The smallest absolute Gasteiger partial charge is 0.433 e. The van der Waals surface area contributed by atoms with Gasteiger partial charge in [-0.2, -0.15) is 18.2 Å². The Morgan fingerprint density at radius 3 is 2.57 bits per heavy atom. The van der Waals surface area contributed by atoms with Gasteiger partial charge >= 0.3 is 12.1 Å². The summed E-state index contributed by atoms with van der Waals surface area (Å²) in [5.41, 5.74) is -1.08. The van der Waals surface area contributed by atoms with Crippen molar-refractivity contribution in [2.45, 2.75) is 6.18 Å². The molecule has 0 aliphatic heterocycles. The average Bonchev–Trinajstić information content (AvgIpc) is 2.44. The molecule has 0 unspecified atom stereocenters. The molecule has 0 fully saturated rings. The summed E-state index contributed by atoms with van der Waals surface area (Å²) >= 11 is 0. The van der Waals surface area contributed by atoms with E-state index in [0.29, 0.717) is 6.07 Å². The van der Waals surface area contributed by atoms with Crippen LogP contribution in [0.2, 0.25) is 0 Å². The van der Waals surface area contributed by atoms with Crippen molar-refractivity contribution in [3.63, 3.8) is 0 Å². The maximum atomic E-state index is 13.1. The van der Waals surface area contributed by atoms with E-state index >= 15 is 0 Å². The van der Waals surface area contributed by atoms with Crippen molar-refractivity contribution in [3.05, 3.63) is 41.8 Å². The zero-order valence-corrected chi connectivity index (χ0v) is 11.4. The number of alkyl halides is 3. The Hall–Kier alpha value is -2.91. The van der Waals surface area contributed by atoms with Gasteiger partial charge < -0.3 is 15.7 Å². The van der Waals surface area contributed by atoms with E-state index in [1.54, 1.807) is 0 Å². The lowest BCUT2D eigenvalue weighted by atomic mass is 10.3. The highest BCUT2D eigenvalue weighted by molar-refractivity contribution is 5.72. The molecule has 122 valence electrons. The van der Waals surface area contributed by atoms with Gasteiger partial charge in [-0.1, -0.05) is 6.07 Å².